The van der Waals surface area contributed by atoms with Crippen molar-refractivity contribution < 1.29 is 9.18 Å². The predicted molar refractivity (Wildman–Crippen MR) is 103 cm³/mol. The van der Waals surface area contributed by atoms with Gasteiger partial charge in [-0.1, -0.05) is 29.8 Å². The normalized spacial score (nSPS) is 10.5. The number of nitrogens with zero attached hydrogens (tertiary/aromatic N) is 1. The summed E-state index contributed by atoms with van der Waals surface area (Å²) in [6.45, 7) is 4.02. The molecule has 3 rings (SSSR count). The molecule has 0 saturated heterocycles. The molecule has 1 heterocycles. The predicted octanol–water partition coefficient (Wildman–Crippen LogP) is 5.49. The summed E-state index contributed by atoms with van der Waals surface area (Å²) < 4.78 is 13.2. The van der Waals surface area contributed by atoms with Gasteiger partial charge in [-0.15, -0.1) is 0 Å². The van der Waals surface area contributed by atoms with E-state index in [1.54, 1.807) is 12.3 Å². The molecule has 0 fully saturated rings. The Kier molecular flexibility index (Phi) is 5.19. The van der Waals surface area contributed by atoms with Gasteiger partial charge in [-0.25, -0.2) is 4.39 Å². The summed E-state index contributed by atoms with van der Waals surface area (Å²) in [4.78, 5) is 16.6. The van der Waals surface area contributed by atoms with Gasteiger partial charge in [-0.05, 0) is 49.2 Å². The van der Waals surface area contributed by atoms with Gasteiger partial charge in [0.25, 0.3) is 5.91 Å². The average molecular weight is 370 g/mol. The molecule has 0 aliphatic rings. The number of carbonyl (C=O) groups is 1. The van der Waals surface area contributed by atoms with Gasteiger partial charge in [0, 0.05) is 17.6 Å². The van der Waals surface area contributed by atoms with Crippen molar-refractivity contribution in [3.05, 3.63) is 82.4 Å². The maximum absolute atomic E-state index is 13.2. The van der Waals surface area contributed by atoms with E-state index in [0.717, 1.165) is 16.8 Å². The van der Waals surface area contributed by atoms with Crippen LogP contribution in [0.5, 0.6) is 0 Å². The first kappa shape index (κ1) is 17.9. The molecule has 0 atom stereocenters. The average Bonchev–Trinajstić information content (AvgIpc) is 2.62. The number of rotatable bonds is 4. The minimum Gasteiger partial charge on any atom is -0.354 e. The van der Waals surface area contributed by atoms with Crippen LogP contribution < -0.4 is 10.6 Å². The number of anilines is 3. The number of aryl methyl sites for hydroxylation is 2. The number of nitrogens with one attached hydrogen (secondary N) is 2. The number of carbonyl (C=O) groups excluding carboxylic acids is 1. The van der Waals surface area contributed by atoms with Crippen LogP contribution in [0.3, 0.4) is 0 Å². The molecule has 0 unspecified atom stereocenters. The van der Waals surface area contributed by atoms with E-state index in [-0.39, 0.29) is 10.9 Å². The lowest BCUT2D eigenvalue weighted by atomic mass is 10.1. The third kappa shape index (κ3) is 4.00. The Bertz CT molecular complexity index is 955. The van der Waals surface area contributed by atoms with Crippen LogP contribution in [0, 0.1) is 19.7 Å². The molecule has 2 N–H and O–H groups in total. The number of halogens is 2. The summed E-state index contributed by atoms with van der Waals surface area (Å²) in [5, 5.41) is 5.94. The third-order valence-electron chi connectivity index (χ3n) is 3.93. The highest BCUT2D eigenvalue weighted by Crippen LogP contribution is 2.25. The van der Waals surface area contributed by atoms with Crippen LogP contribution in [-0.2, 0) is 0 Å². The lowest BCUT2D eigenvalue weighted by molar-refractivity contribution is 0.102. The van der Waals surface area contributed by atoms with Crippen LogP contribution in [0.25, 0.3) is 0 Å². The van der Waals surface area contributed by atoms with Crippen molar-refractivity contribution in [3.63, 3.8) is 0 Å². The number of hydrogen-bond donors (Lipinski definition) is 2. The fourth-order valence-corrected chi connectivity index (χ4v) is 2.75. The highest BCUT2D eigenvalue weighted by Gasteiger charge is 2.10. The summed E-state index contributed by atoms with van der Waals surface area (Å²) in [5.74, 6) is -0.892. The molecular formula is C20H17ClFN3O. The first-order valence-corrected chi connectivity index (χ1v) is 8.36. The van der Waals surface area contributed by atoms with Gasteiger partial charge in [0.1, 0.15) is 5.82 Å². The molecule has 0 saturated carbocycles. The summed E-state index contributed by atoms with van der Waals surface area (Å²) >= 11 is 5.74. The maximum atomic E-state index is 13.2. The van der Waals surface area contributed by atoms with E-state index in [1.807, 2.05) is 32.0 Å². The molecule has 4 nitrogen and oxygen atoms in total. The fourth-order valence-electron chi connectivity index (χ4n) is 2.57. The zero-order valence-electron chi connectivity index (χ0n) is 14.3. The van der Waals surface area contributed by atoms with Gasteiger partial charge in [0.2, 0.25) is 0 Å². The van der Waals surface area contributed by atoms with Gasteiger partial charge >= 0.3 is 0 Å². The second-order valence-electron chi connectivity index (χ2n) is 5.94. The van der Waals surface area contributed by atoms with Crippen LogP contribution >= 0.6 is 11.6 Å². The lowest BCUT2D eigenvalue weighted by Gasteiger charge is -2.13. The van der Waals surface area contributed by atoms with Crippen molar-refractivity contribution >= 4 is 34.6 Å². The maximum Gasteiger partial charge on any atom is 0.257 e. The van der Waals surface area contributed by atoms with Gasteiger partial charge in [0.05, 0.1) is 22.5 Å². The first-order chi connectivity index (χ1) is 12.4. The van der Waals surface area contributed by atoms with E-state index < -0.39 is 5.82 Å². The van der Waals surface area contributed by atoms with Gasteiger partial charge in [-0.3, -0.25) is 9.78 Å². The topological polar surface area (TPSA) is 54.0 Å². The van der Waals surface area contributed by atoms with Crippen LogP contribution in [-0.4, -0.2) is 10.9 Å². The van der Waals surface area contributed by atoms with E-state index in [9.17, 15) is 9.18 Å². The minimum atomic E-state index is -0.536. The van der Waals surface area contributed by atoms with Crippen molar-refractivity contribution in [2.75, 3.05) is 10.6 Å². The number of hydrogen-bond acceptors (Lipinski definition) is 3. The van der Waals surface area contributed by atoms with Gasteiger partial charge in [-0.2, -0.15) is 0 Å². The molecule has 26 heavy (non-hydrogen) atoms. The molecule has 132 valence electrons. The quantitative estimate of drug-likeness (QED) is 0.639. The van der Waals surface area contributed by atoms with Crippen molar-refractivity contribution in [1.29, 1.82) is 0 Å². The molecule has 1 aromatic heterocycles. The molecule has 0 radical (unpaired) electrons. The first-order valence-electron chi connectivity index (χ1n) is 7.99. The molecule has 1 amide bonds. The minimum absolute atomic E-state index is 0.0497. The van der Waals surface area contributed by atoms with E-state index in [1.165, 1.54) is 24.4 Å². The second kappa shape index (κ2) is 7.54. The number of aromatic nitrogens is 1. The van der Waals surface area contributed by atoms with Crippen molar-refractivity contribution in [1.82, 2.24) is 4.98 Å². The highest BCUT2D eigenvalue weighted by atomic mass is 35.5. The monoisotopic (exact) mass is 369 g/mol. The molecule has 0 aliphatic carbocycles. The lowest BCUT2D eigenvalue weighted by Crippen LogP contribution is -2.12. The Morgan fingerprint density at radius 2 is 1.77 bits per heavy atom. The van der Waals surface area contributed by atoms with Crippen molar-refractivity contribution in [2.45, 2.75) is 13.8 Å². The Morgan fingerprint density at radius 1 is 1.04 bits per heavy atom. The summed E-state index contributed by atoms with van der Waals surface area (Å²) in [7, 11) is 0. The van der Waals surface area contributed by atoms with Crippen LogP contribution in [0.2, 0.25) is 5.02 Å². The zero-order valence-corrected chi connectivity index (χ0v) is 15.1. The Morgan fingerprint density at radius 3 is 2.46 bits per heavy atom. The summed E-state index contributed by atoms with van der Waals surface area (Å²) in [6.07, 6.45) is 3.12. The van der Waals surface area contributed by atoms with E-state index in [2.05, 4.69) is 15.6 Å². The smallest absolute Gasteiger partial charge is 0.257 e. The Labute approximate surface area is 156 Å². The summed E-state index contributed by atoms with van der Waals surface area (Å²) in [6, 6.07) is 11.7. The number of amides is 1. The molecule has 0 aliphatic heterocycles. The van der Waals surface area contributed by atoms with Crippen molar-refractivity contribution in [2.24, 2.45) is 0 Å². The molecular weight excluding hydrogens is 353 g/mol. The van der Waals surface area contributed by atoms with E-state index in [4.69, 9.17) is 11.6 Å². The Hall–Kier alpha value is -2.92. The molecule has 3 aromatic rings. The number of benzene rings is 2. The van der Waals surface area contributed by atoms with Crippen LogP contribution in [0.15, 0.2) is 54.9 Å². The third-order valence-corrected chi connectivity index (χ3v) is 4.22. The SMILES string of the molecule is Cc1cccc(C)c1Nc1cncc(C(=O)Nc2ccc(F)c(Cl)c2)c1. The Balaban J connectivity index is 1.80. The largest absolute Gasteiger partial charge is 0.354 e. The number of pyridine rings is 1. The van der Waals surface area contributed by atoms with E-state index >= 15 is 0 Å². The van der Waals surface area contributed by atoms with Gasteiger partial charge in [0.15, 0.2) is 0 Å². The molecule has 0 bridgehead atoms. The van der Waals surface area contributed by atoms with E-state index in [0.29, 0.717) is 16.9 Å². The number of para-hydroxylation sites is 1. The highest BCUT2D eigenvalue weighted by molar-refractivity contribution is 6.31. The standard InChI is InChI=1S/C20H17ClFN3O/c1-12-4-3-5-13(2)19(12)24-16-8-14(10-23-11-16)20(26)25-15-6-7-18(22)17(21)9-15/h3-11,24H,1-2H3,(H,25,26). The van der Waals surface area contributed by atoms with Crippen molar-refractivity contribution in [3.8, 4) is 0 Å². The van der Waals surface area contributed by atoms with Crippen LogP contribution in [0.4, 0.5) is 21.5 Å². The fraction of sp³-hybridized carbons (Fsp3) is 0.100. The second-order valence-corrected chi connectivity index (χ2v) is 6.34. The zero-order chi connectivity index (χ0) is 18.7. The molecule has 0 spiro atoms. The van der Waals surface area contributed by atoms with Gasteiger partial charge < -0.3 is 10.6 Å². The summed E-state index contributed by atoms with van der Waals surface area (Å²) in [5.41, 5.74) is 4.67. The molecule has 6 heteroatoms. The molecule has 2 aromatic carbocycles. The van der Waals surface area contributed by atoms with Crippen LogP contribution in [0.1, 0.15) is 21.5 Å².